The minimum absolute atomic E-state index is 0.190. The standard InChI is InChI=1S/C10H12N4O/c1-7-3-4-8(2)9(5-7)14-12-10(6-15)11-13-14/h3-5,15H,6H2,1-2H3. The van der Waals surface area contributed by atoms with Crippen molar-refractivity contribution in [2.24, 2.45) is 0 Å². The first kappa shape index (κ1) is 9.79. The van der Waals surface area contributed by atoms with Crippen LogP contribution in [0, 0.1) is 13.8 Å². The van der Waals surface area contributed by atoms with E-state index >= 15 is 0 Å². The maximum absolute atomic E-state index is 8.84. The van der Waals surface area contributed by atoms with Crippen molar-refractivity contribution in [3.63, 3.8) is 0 Å². The van der Waals surface area contributed by atoms with Crippen LogP contribution in [0.25, 0.3) is 5.69 Å². The predicted octanol–water partition coefficient (Wildman–Crippen LogP) is 0.771. The summed E-state index contributed by atoms with van der Waals surface area (Å²) >= 11 is 0. The van der Waals surface area contributed by atoms with E-state index in [0.29, 0.717) is 5.82 Å². The number of aliphatic hydroxyl groups excluding tert-OH is 1. The van der Waals surface area contributed by atoms with Crippen molar-refractivity contribution >= 4 is 0 Å². The molecule has 1 heterocycles. The quantitative estimate of drug-likeness (QED) is 0.784. The van der Waals surface area contributed by atoms with Gasteiger partial charge in [-0.3, -0.25) is 0 Å². The van der Waals surface area contributed by atoms with Gasteiger partial charge in [0.05, 0.1) is 5.69 Å². The molecule has 0 saturated heterocycles. The number of hydrogen-bond acceptors (Lipinski definition) is 4. The van der Waals surface area contributed by atoms with Crippen molar-refractivity contribution in [1.29, 1.82) is 0 Å². The molecular weight excluding hydrogens is 192 g/mol. The monoisotopic (exact) mass is 204 g/mol. The van der Waals surface area contributed by atoms with Crippen LogP contribution < -0.4 is 0 Å². The summed E-state index contributed by atoms with van der Waals surface area (Å²) in [6.07, 6.45) is 0. The average Bonchev–Trinajstić information content (AvgIpc) is 2.70. The van der Waals surface area contributed by atoms with Crippen LogP contribution in [-0.4, -0.2) is 25.3 Å². The molecule has 0 amide bonds. The third kappa shape index (κ3) is 1.87. The van der Waals surface area contributed by atoms with Gasteiger partial charge in [-0.2, -0.15) is 0 Å². The van der Waals surface area contributed by atoms with Crippen LogP contribution in [0.1, 0.15) is 17.0 Å². The molecule has 0 aliphatic heterocycles. The van der Waals surface area contributed by atoms with Crippen LogP contribution in [0.3, 0.4) is 0 Å². The van der Waals surface area contributed by atoms with Crippen LogP contribution in [0.15, 0.2) is 18.2 Å². The second-order valence-corrected chi connectivity index (χ2v) is 3.44. The van der Waals surface area contributed by atoms with Crippen LogP contribution in [0.4, 0.5) is 0 Å². The Kier molecular flexibility index (Phi) is 2.47. The van der Waals surface area contributed by atoms with E-state index in [1.807, 2.05) is 32.0 Å². The lowest BCUT2D eigenvalue weighted by Crippen LogP contribution is -2.02. The number of aliphatic hydroxyl groups is 1. The summed E-state index contributed by atoms with van der Waals surface area (Å²) in [5, 5.41) is 20.5. The van der Waals surface area contributed by atoms with Gasteiger partial charge in [0.15, 0.2) is 0 Å². The fourth-order valence-electron chi connectivity index (χ4n) is 1.34. The molecular formula is C10H12N4O. The Balaban J connectivity index is 2.48. The molecule has 5 nitrogen and oxygen atoms in total. The fourth-order valence-corrected chi connectivity index (χ4v) is 1.34. The summed E-state index contributed by atoms with van der Waals surface area (Å²) in [6.45, 7) is 3.80. The number of aromatic nitrogens is 4. The lowest BCUT2D eigenvalue weighted by Gasteiger charge is -2.03. The smallest absolute Gasteiger partial charge is 0.200 e. The molecule has 0 unspecified atom stereocenters. The molecule has 5 heteroatoms. The first-order valence-electron chi connectivity index (χ1n) is 4.68. The van der Waals surface area contributed by atoms with E-state index in [9.17, 15) is 0 Å². The first-order valence-corrected chi connectivity index (χ1v) is 4.68. The zero-order valence-electron chi connectivity index (χ0n) is 8.68. The molecule has 2 aromatic rings. The summed E-state index contributed by atoms with van der Waals surface area (Å²) < 4.78 is 0. The zero-order valence-corrected chi connectivity index (χ0v) is 8.68. The van der Waals surface area contributed by atoms with Crippen LogP contribution >= 0.6 is 0 Å². The molecule has 0 aliphatic rings. The number of aryl methyl sites for hydroxylation is 2. The molecule has 1 aromatic carbocycles. The Labute approximate surface area is 87.4 Å². The average molecular weight is 204 g/mol. The van der Waals surface area contributed by atoms with E-state index in [2.05, 4.69) is 15.4 Å². The van der Waals surface area contributed by atoms with Gasteiger partial charge in [0, 0.05) is 0 Å². The molecule has 0 radical (unpaired) electrons. The minimum Gasteiger partial charge on any atom is -0.388 e. The van der Waals surface area contributed by atoms with Gasteiger partial charge in [0.2, 0.25) is 5.82 Å². The Hall–Kier alpha value is -1.75. The van der Waals surface area contributed by atoms with E-state index in [-0.39, 0.29) is 6.61 Å². The Morgan fingerprint density at radius 3 is 2.80 bits per heavy atom. The molecule has 0 saturated carbocycles. The number of benzene rings is 1. The van der Waals surface area contributed by atoms with Crippen molar-refractivity contribution in [3.8, 4) is 5.69 Å². The van der Waals surface area contributed by atoms with Gasteiger partial charge in [-0.1, -0.05) is 12.1 Å². The Morgan fingerprint density at radius 2 is 2.13 bits per heavy atom. The summed E-state index contributed by atoms with van der Waals surface area (Å²) in [6, 6.07) is 6.02. The van der Waals surface area contributed by atoms with Crippen LogP contribution in [-0.2, 0) is 6.61 Å². The summed E-state index contributed by atoms with van der Waals surface area (Å²) in [4.78, 5) is 1.44. The third-order valence-corrected chi connectivity index (χ3v) is 2.18. The molecule has 2 rings (SSSR count). The highest BCUT2D eigenvalue weighted by Crippen LogP contribution is 2.13. The summed E-state index contributed by atoms with van der Waals surface area (Å²) in [7, 11) is 0. The summed E-state index contributed by atoms with van der Waals surface area (Å²) in [5.74, 6) is 0.330. The molecule has 0 bridgehead atoms. The Morgan fingerprint density at radius 1 is 1.33 bits per heavy atom. The highest BCUT2D eigenvalue weighted by Gasteiger charge is 2.06. The van der Waals surface area contributed by atoms with Gasteiger partial charge in [0.1, 0.15) is 6.61 Å². The second-order valence-electron chi connectivity index (χ2n) is 3.44. The van der Waals surface area contributed by atoms with Crippen molar-refractivity contribution in [1.82, 2.24) is 20.2 Å². The van der Waals surface area contributed by atoms with E-state index in [1.165, 1.54) is 4.80 Å². The molecule has 1 aromatic heterocycles. The van der Waals surface area contributed by atoms with E-state index in [1.54, 1.807) is 0 Å². The normalized spacial score (nSPS) is 10.6. The third-order valence-electron chi connectivity index (χ3n) is 2.18. The van der Waals surface area contributed by atoms with Crippen molar-refractivity contribution < 1.29 is 5.11 Å². The van der Waals surface area contributed by atoms with E-state index in [0.717, 1.165) is 16.8 Å². The van der Waals surface area contributed by atoms with Gasteiger partial charge in [0.25, 0.3) is 0 Å². The molecule has 78 valence electrons. The van der Waals surface area contributed by atoms with Gasteiger partial charge < -0.3 is 5.11 Å². The summed E-state index contributed by atoms with van der Waals surface area (Å²) in [5.41, 5.74) is 3.10. The van der Waals surface area contributed by atoms with E-state index in [4.69, 9.17) is 5.11 Å². The largest absolute Gasteiger partial charge is 0.388 e. The van der Waals surface area contributed by atoms with Gasteiger partial charge in [-0.25, -0.2) is 0 Å². The van der Waals surface area contributed by atoms with Gasteiger partial charge >= 0.3 is 0 Å². The number of hydrogen-bond donors (Lipinski definition) is 1. The number of tetrazole rings is 1. The molecule has 0 aliphatic carbocycles. The topological polar surface area (TPSA) is 63.8 Å². The van der Waals surface area contributed by atoms with Crippen LogP contribution in [0.5, 0.6) is 0 Å². The highest BCUT2D eigenvalue weighted by atomic mass is 16.3. The lowest BCUT2D eigenvalue weighted by atomic mass is 10.1. The molecule has 15 heavy (non-hydrogen) atoms. The second kappa shape index (κ2) is 3.78. The maximum atomic E-state index is 8.84. The van der Waals surface area contributed by atoms with Crippen molar-refractivity contribution in [2.45, 2.75) is 20.5 Å². The van der Waals surface area contributed by atoms with Crippen molar-refractivity contribution in [3.05, 3.63) is 35.2 Å². The van der Waals surface area contributed by atoms with E-state index < -0.39 is 0 Å². The zero-order chi connectivity index (χ0) is 10.8. The highest BCUT2D eigenvalue weighted by molar-refractivity contribution is 5.41. The molecule has 1 N–H and O–H groups in total. The number of nitrogens with zero attached hydrogens (tertiary/aromatic N) is 4. The number of rotatable bonds is 2. The molecule has 0 fully saturated rings. The SMILES string of the molecule is Cc1ccc(C)c(-n2nnc(CO)n2)c1. The van der Waals surface area contributed by atoms with Gasteiger partial charge in [-0.05, 0) is 36.3 Å². The lowest BCUT2D eigenvalue weighted by molar-refractivity contribution is 0.271. The maximum Gasteiger partial charge on any atom is 0.200 e. The minimum atomic E-state index is -0.190. The van der Waals surface area contributed by atoms with Crippen molar-refractivity contribution in [2.75, 3.05) is 0 Å². The first-order chi connectivity index (χ1) is 7.20. The van der Waals surface area contributed by atoms with Crippen LogP contribution in [0.2, 0.25) is 0 Å². The Bertz CT molecular complexity index is 478. The molecule has 0 spiro atoms. The van der Waals surface area contributed by atoms with Gasteiger partial charge in [-0.15, -0.1) is 15.0 Å². The fraction of sp³-hybridized carbons (Fsp3) is 0.300. The predicted molar refractivity (Wildman–Crippen MR) is 54.6 cm³/mol. The molecule has 0 atom stereocenters.